The Labute approximate surface area is 160 Å². The molecule has 0 amide bonds. The third-order valence-electron chi connectivity index (χ3n) is 5.63. The lowest BCUT2D eigenvalue weighted by Gasteiger charge is -2.31. The van der Waals surface area contributed by atoms with Gasteiger partial charge in [0.25, 0.3) is 0 Å². The second-order valence-electron chi connectivity index (χ2n) is 7.60. The number of aryl methyl sites for hydroxylation is 1. The summed E-state index contributed by atoms with van der Waals surface area (Å²) in [4.78, 5) is 2.63. The predicted molar refractivity (Wildman–Crippen MR) is 107 cm³/mol. The zero-order valence-electron chi connectivity index (χ0n) is 14.7. The van der Waals surface area contributed by atoms with Crippen LogP contribution >= 0.6 is 23.2 Å². The van der Waals surface area contributed by atoms with E-state index in [1.165, 1.54) is 23.1 Å². The lowest BCUT2D eigenvalue weighted by atomic mass is 10.0. The molecule has 4 rings (SSSR count). The molecule has 0 spiro atoms. The van der Waals surface area contributed by atoms with Crippen LogP contribution in [0.15, 0.2) is 36.4 Å². The third kappa shape index (κ3) is 3.40. The van der Waals surface area contributed by atoms with Gasteiger partial charge in [0.05, 0.1) is 6.04 Å². The lowest BCUT2D eigenvalue weighted by molar-refractivity contribution is 0.223. The van der Waals surface area contributed by atoms with Crippen LogP contribution in [0.5, 0.6) is 0 Å². The van der Waals surface area contributed by atoms with Crippen molar-refractivity contribution >= 4 is 28.9 Å². The highest BCUT2D eigenvalue weighted by Gasteiger charge is 2.39. The highest BCUT2D eigenvalue weighted by Crippen LogP contribution is 2.43. The Morgan fingerprint density at radius 2 is 1.88 bits per heavy atom. The van der Waals surface area contributed by atoms with E-state index in [9.17, 15) is 0 Å². The van der Waals surface area contributed by atoms with Crippen molar-refractivity contribution in [2.45, 2.75) is 38.8 Å². The average molecular weight is 375 g/mol. The van der Waals surface area contributed by atoms with Gasteiger partial charge in [-0.25, -0.2) is 0 Å². The van der Waals surface area contributed by atoms with E-state index in [1.54, 1.807) is 0 Å². The minimum absolute atomic E-state index is 0.221. The van der Waals surface area contributed by atoms with Gasteiger partial charge in [0, 0.05) is 28.3 Å². The molecular formula is C21H24Cl2N2. The van der Waals surface area contributed by atoms with E-state index in [0.717, 1.165) is 41.2 Å². The van der Waals surface area contributed by atoms with Gasteiger partial charge in [0.1, 0.15) is 0 Å². The van der Waals surface area contributed by atoms with Crippen LogP contribution in [0.25, 0.3) is 0 Å². The maximum absolute atomic E-state index is 6.53. The number of hydrogen-bond donors (Lipinski definition) is 1. The first kappa shape index (κ1) is 17.2. The summed E-state index contributed by atoms with van der Waals surface area (Å²) < 4.78 is 0. The Balaban J connectivity index is 1.69. The highest BCUT2D eigenvalue weighted by atomic mass is 35.5. The van der Waals surface area contributed by atoms with Crippen LogP contribution in [0.3, 0.4) is 0 Å². The third-order valence-corrected chi connectivity index (χ3v) is 6.18. The topological polar surface area (TPSA) is 15.3 Å². The fourth-order valence-corrected chi connectivity index (χ4v) is 4.85. The first-order chi connectivity index (χ1) is 12.0. The van der Waals surface area contributed by atoms with E-state index >= 15 is 0 Å². The monoisotopic (exact) mass is 374 g/mol. The highest BCUT2D eigenvalue weighted by molar-refractivity contribution is 6.35. The Morgan fingerprint density at radius 1 is 1.12 bits per heavy atom. The van der Waals surface area contributed by atoms with Gasteiger partial charge in [-0.3, -0.25) is 4.90 Å². The number of hydrogen-bond acceptors (Lipinski definition) is 2. The molecule has 132 valence electrons. The quantitative estimate of drug-likeness (QED) is 0.738. The molecule has 1 saturated heterocycles. The van der Waals surface area contributed by atoms with Crippen molar-refractivity contribution in [2.75, 3.05) is 18.4 Å². The molecule has 4 heteroatoms. The summed E-state index contributed by atoms with van der Waals surface area (Å²) in [5.74, 6) is 0.766. The van der Waals surface area contributed by atoms with Crippen molar-refractivity contribution in [3.8, 4) is 0 Å². The number of nitrogens with one attached hydrogen (secondary N) is 1. The van der Waals surface area contributed by atoms with Crippen LogP contribution < -0.4 is 5.32 Å². The molecule has 0 bridgehead atoms. The molecule has 1 fully saturated rings. The predicted octanol–water partition coefficient (Wildman–Crippen LogP) is 5.72. The van der Waals surface area contributed by atoms with E-state index in [0.29, 0.717) is 6.04 Å². The smallest absolute Gasteiger partial charge is 0.0676 e. The molecular weight excluding hydrogens is 351 g/mol. The van der Waals surface area contributed by atoms with Crippen molar-refractivity contribution in [3.05, 3.63) is 63.1 Å². The van der Waals surface area contributed by atoms with Crippen molar-refractivity contribution < 1.29 is 0 Å². The van der Waals surface area contributed by atoms with Gasteiger partial charge < -0.3 is 5.32 Å². The van der Waals surface area contributed by atoms with Gasteiger partial charge in [-0.05, 0) is 67.6 Å². The van der Waals surface area contributed by atoms with Gasteiger partial charge in [-0.1, -0.05) is 47.8 Å². The van der Waals surface area contributed by atoms with Crippen LogP contribution in [0.1, 0.15) is 36.1 Å². The van der Waals surface area contributed by atoms with Crippen LogP contribution in [0.2, 0.25) is 10.0 Å². The molecule has 1 N–H and O–H groups in total. The maximum atomic E-state index is 6.53. The molecule has 1 aliphatic heterocycles. The molecule has 2 aromatic carbocycles. The molecule has 0 aromatic heterocycles. The number of nitrogens with zero attached hydrogens (tertiary/aromatic N) is 1. The van der Waals surface area contributed by atoms with E-state index < -0.39 is 0 Å². The van der Waals surface area contributed by atoms with E-state index in [-0.39, 0.29) is 6.04 Å². The minimum Gasteiger partial charge on any atom is -0.377 e. The van der Waals surface area contributed by atoms with Gasteiger partial charge >= 0.3 is 0 Å². The summed E-state index contributed by atoms with van der Waals surface area (Å²) >= 11 is 12.9. The fraction of sp³-hybridized carbons (Fsp3) is 0.429. The molecule has 2 aromatic rings. The SMILES string of the molecule is Cc1ccc(N[C@H]2c3cc(Cl)cc(Cl)c3C[C@@H]2N2CC[C@@H](C)C2)cc1. The Bertz CT molecular complexity index is 772. The lowest BCUT2D eigenvalue weighted by Crippen LogP contribution is -2.39. The summed E-state index contributed by atoms with van der Waals surface area (Å²) in [6, 6.07) is 13.2. The molecule has 2 aliphatic rings. The second-order valence-corrected chi connectivity index (χ2v) is 8.45. The van der Waals surface area contributed by atoms with Crippen molar-refractivity contribution in [3.63, 3.8) is 0 Å². The van der Waals surface area contributed by atoms with Gasteiger partial charge in [-0.15, -0.1) is 0 Å². The van der Waals surface area contributed by atoms with Gasteiger partial charge in [0.15, 0.2) is 0 Å². The maximum Gasteiger partial charge on any atom is 0.0676 e. The van der Waals surface area contributed by atoms with Crippen LogP contribution in [0, 0.1) is 12.8 Å². The summed E-state index contributed by atoms with van der Waals surface area (Å²) in [5, 5.41) is 5.28. The fourth-order valence-electron chi connectivity index (χ4n) is 4.26. The number of fused-ring (bicyclic) bond motifs is 1. The molecule has 0 saturated carbocycles. The van der Waals surface area contributed by atoms with Gasteiger partial charge in [-0.2, -0.15) is 0 Å². The molecule has 25 heavy (non-hydrogen) atoms. The second kappa shape index (κ2) is 6.83. The molecule has 0 unspecified atom stereocenters. The first-order valence-corrected chi connectivity index (χ1v) is 9.82. The Kier molecular flexibility index (Phi) is 4.70. The Hall–Kier alpha value is -1.22. The van der Waals surface area contributed by atoms with E-state index in [4.69, 9.17) is 23.2 Å². The van der Waals surface area contributed by atoms with Crippen LogP contribution in [-0.2, 0) is 6.42 Å². The van der Waals surface area contributed by atoms with Crippen LogP contribution in [-0.4, -0.2) is 24.0 Å². The standard InChI is InChI=1S/C21H24Cl2N2/c1-13-3-5-16(6-4-13)24-21-18-9-15(22)10-19(23)17(18)11-20(21)25-8-7-14(2)12-25/h3-6,9-10,14,20-21,24H,7-8,11-12H2,1-2H3/t14-,20+,21+/m1/s1. The Morgan fingerprint density at radius 3 is 2.56 bits per heavy atom. The molecule has 3 atom stereocenters. The zero-order valence-corrected chi connectivity index (χ0v) is 16.2. The van der Waals surface area contributed by atoms with Crippen molar-refractivity contribution in [1.29, 1.82) is 0 Å². The largest absolute Gasteiger partial charge is 0.377 e. The summed E-state index contributed by atoms with van der Waals surface area (Å²) in [6.45, 7) is 6.78. The average Bonchev–Trinajstić information content (AvgIpc) is 3.14. The number of benzene rings is 2. The van der Waals surface area contributed by atoms with E-state index in [1.807, 2.05) is 6.07 Å². The number of halogens is 2. The molecule has 2 nitrogen and oxygen atoms in total. The van der Waals surface area contributed by atoms with Crippen molar-refractivity contribution in [2.24, 2.45) is 5.92 Å². The normalized spacial score (nSPS) is 26.0. The van der Waals surface area contributed by atoms with Crippen LogP contribution in [0.4, 0.5) is 5.69 Å². The molecule has 0 radical (unpaired) electrons. The number of anilines is 1. The summed E-state index contributed by atoms with van der Waals surface area (Å²) in [5.41, 5.74) is 4.92. The first-order valence-electron chi connectivity index (χ1n) is 9.06. The molecule has 1 aliphatic carbocycles. The number of likely N-dealkylation sites (tertiary alicyclic amines) is 1. The zero-order chi connectivity index (χ0) is 17.6. The van der Waals surface area contributed by atoms with E-state index in [2.05, 4.69) is 54.4 Å². The van der Waals surface area contributed by atoms with Gasteiger partial charge in [0.2, 0.25) is 0 Å². The molecule has 1 heterocycles. The minimum atomic E-state index is 0.221. The number of rotatable bonds is 3. The summed E-state index contributed by atoms with van der Waals surface area (Å²) in [7, 11) is 0. The summed E-state index contributed by atoms with van der Waals surface area (Å²) in [6.07, 6.45) is 2.26. The van der Waals surface area contributed by atoms with Crippen molar-refractivity contribution in [1.82, 2.24) is 4.90 Å².